The number of nitrogens with zero attached hydrogens (tertiary/aromatic N) is 1. The molecule has 0 saturated carbocycles. The van der Waals surface area contributed by atoms with Crippen LogP contribution < -0.4 is 5.32 Å². The molecule has 3 aromatic rings. The van der Waals surface area contributed by atoms with Crippen molar-refractivity contribution >= 4 is 28.9 Å². The van der Waals surface area contributed by atoms with E-state index >= 15 is 0 Å². The third-order valence-electron chi connectivity index (χ3n) is 4.16. The Balaban J connectivity index is 1.51. The van der Waals surface area contributed by atoms with Crippen molar-refractivity contribution in [2.24, 2.45) is 0 Å². The lowest BCUT2D eigenvalue weighted by Gasteiger charge is -2.09. The topological polar surface area (TPSA) is 68.3 Å². The highest BCUT2D eigenvalue weighted by Gasteiger charge is 2.13. The van der Waals surface area contributed by atoms with Crippen molar-refractivity contribution in [3.05, 3.63) is 70.2 Å². The Morgan fingerprint density at radius 1 is 1.07 bits per heavy atom. The smallest absolute Gasteiger partial charge is 0.312 e. The van der Waals surface area contributed by atoms with Crippen LogP contribution >= 0.6 is 11.3 Å². The molecule has 0 aliphatic carbocycles. The van der Waals surface area contributed by atoms with Gasteiger partial charge in [0.2, 0.25) is 0 Å². The summed E-state index contributed by atoms with van der Waals surface area (Å²) >= 11 is 1.48. The normalized spacial score (nSPS) is 10.5. The van der Waals surface area contributed by atoms with Crippen molar-refractivity contribution in [3.8, 4) is 10.6 Å². The van der Waals surface area contributed by atoms with Crippen molar-refractivity contribution in [1.29, 1.82) is 0 Å². The van der Waals surface area contributed by atoms with Crippen molar-refractivity contribution in [1.82, 2.24) is 4.98 Å². The molecule has 1 heterocycles. The number of benzene rings is 2. The molecule has 2 aromatic carbocycles. The predicted octanol–water partition coefficient (Wildman–Crippen LogP) is 4.46. The van der Waals surface area contributed by atoms with Crippen molar-refractivity contribution in [2.45, 2.75) is 27.2 Å². The van der Waals surface area contributed by atoms with Gasteiger partial charge in [0, 0.05) is 16.6 Å². The molecular formula is C22H22N2O3S. The molecule has 1 N–H and O–H groups in total. The van der Waals surface area contributed by atoms with E-state index in [1.807, 2.05) is 62.5 Å². The summed E-state index contributed by atoms with van der Waals surface area (Å²) in [5, 5.41) is 5.46. The minimum atomic E-state index is -0.475. The van der Waals surface area contributed by atoms with Crippen LogP contribution in [0.1, 0.15) is 22.4 Å². The zero-order chi connectivity index (χ0) is 20.1. The Hall–Kier alpha value is -2.99. The van der Waals surface area contributed by atoms with Gasteiger partial charge in [-0.15, -0.1) is 11.3 Å². The molecule has 0 atom stereocenters. The van der Waals surface area contributed by atoms with E-state index in [0.29, 0.717) is 11.4 Å². The zero-order valence-electron chi connectivity index (χ0n) is 16.1. The average molecular weight is 394 g/mol. The number of hydrogen-bond acceptors (Lipinski definition) is 5. The van der Waals surface area contributed by atoms with Gasteiger partial charge < -0.3 is 10.1 Å². The maximum Gasteiger partial charge on any atom is 0.312 e. The molecule has 1 aromatic heterocycles. The van der Waals surface area contributed by atoms with E-state index in [2.05, 4.69) is 16.4 Å². The molecule has 6 heteroatoms. The second-order valence-electron chi connectivity index (χ2n) is 6.72. The first-order valence-corrected chi connectivity index (χ1v) is 9.83. The zero-order valence-corrected chi connectivity index (χ0v) is 16.9. The highest BCUT2D eigenvalue weighted by Crippen LogP contribution is 2.24. The molecule has 1 amide bonds. The third-order valence-corrected chi connectivity index (χ3v) is 5.10. The van der Waals surface area contributed by atoms with Gasteiger partial charge in [0.15, 0.2) is 6.61 Å². The van der Waals surface area contributed by atoms with Crippen LogP contribution in [0.5, 0.6) is 0 Å². The molecule has 0 bridgehead atoms. The van der Waals surface area contributed by atoms with Crippen molar-refractivity contribution < 1.29 is 14.3 Å². The quantitative estimate of drug-likeness (QED) is 0.627. The fourth-order valence-corrected chi connectivity index (χ4v) is 3.60. The van der Waals surface area contributed by atoms with Crippen molar-refractivity contribution in [3.63, 3.8) is 0 Å². The highest BCUT2D eigenvalue weighted by molar-refractivity contribution is 7.13. The van der Waals surface area contributed by atoms with Gasteiger partial charge in [-0.05, 0) is 38.5 Å². The average Bonchev–Trinajstić information content (AvgIpc) is 3.11. The van der Waals surface area contributed by atoms with Crippen LogP contribution in [-0.2, 0) is 20.7 Å². The van der Waals surface area contributed by atoms with Crippen LogP contribution in [0.25, 0.3) is 10.6 Å². The fraction of sp³-hybridized carbons (Fsp3) is 0.227. The van der Waals surface area contributed by atoms with E-state index < -0.39 is 5.97 Å². The number of carbonyl (C=O) groups excluding carboxylic acids is 2. The minimum absolute atomic E-state index is 0.0408. The number of anilines is 1. The van der Waals surface area contributed by atoms with Crippen LogP contribution in [0, 0.1) is 20.8 Å². The number of carbonyl (C=O) groups is 2. The Bertz CT molecular complexity index is 1010. The van der Waals surface area contributed by atoms with Crippen LogP contribution in [0.2, 0.25) is 0 Å². The molecule has 0 saturated heterocycles. The van der Waals surface area contributed by atoms with Crippen molar-refractivity contribution in [2.75, 3.05) is 11.9 Å². The van der Waals surface area contributed by atoms with Crippen LogP contribution in [0.4, 0.5) is 5.69 Å². The van der Waals surface area contributed by atoms with Crippen LogP contribution in [-0.4, -0.2) is 23.5 Å². The number of aryl methyl sites for hydroxylation is 3. The second kappa shape index (κ2) is 8.80. The number of aromatic nitrogens is 1. The van der Waals surface area contributed by atoms with Gasteiger partial charge in [-0.3, -0.25) is 9.59 Å². The monoisotopic (exact) mass is 394 g/mol. The lowest BCUT2D eigenvalue weighted by atomic mass is 10.1. The van der Waals surface area contributed by atoms with Crippen LogP contribution in [0.3, 0.4) is 0 Å². The van der Waals surface area contributed by atoms with E-state index in [0.717, 1.165) is 27.3 Å². The van der Waals surface area contributed by atoms with Gasteiger partial charge in [-0.2, -0.15) is 0 Å². The first kappa shape index (κ1) is 19.8. The number of ether oxygens (including phenoxy) is 1. The molecule has 0 aliphatic heterocycles. The number of esters is 1. The molecule has 5 nitrogen and oxygen atoms in total. The molecule has 0 fully saturated rings. The number of hydrogen-bond donors (Lipinski definition) is 1. The summed E-state index contributed by atoms with van der Waals surface area (Å²) in [7, 11) is 0. The Morgan fingerprint density at radius 2 is 1.86 bits per heavy atom. The largest absolute Gasteiger partial charge is 0.455 e. The summed E-state index contributed by atoms with van der Waals surface area (Å²) in [5.41, 5.74) is 5.62. The number of nitrogens with one attached hydrogen (secondary N) is 1. The molecule has 144 valence electrons. The molecule has 0 radical (unpaired) electrons. The molecule has 0 unspecified atom stereocenters. The Morgan fingerprint density at radius 3 is 2.61 bits per heavy atom. The summed E-state index contributed by atoms with van der Waals surface area (Å²) in [6, 6.07) is 13.8. The molecular weight excluding hydrogens is 372 g/mol. The van der Waals surface area contributed by atoms with Crippen LogP contribution in [0.15, 0.2) is 47.8 Å². The number of thiazole rings is 1. The van der Waals surface area contributed by atoms with Gasteiger partial charge in [-0.1, -0.05) is 41.5 Å². The Labute approximate surface area is 168 Å². The summed E-state index contributed by atoms with van der Waals surface area (Å²) in [6.45, 7) is 5.62. The summed E-state index contributed by atoms with van der Waals surface area (Å²) in [5.74, 6) is -0.837. The molecule has 0 aliphatic rings. The van der Waals surface area contributed by atoms with E-state index in [1.54, 1.807) is 0 Å². The lowest BCUT2D eigenvalue weighted by Crippen LogP contribution is -2.22. The standard InChI is InChI=1S/C22H22N2O3S/c1-14-5-4-6-17(10-14)22-23-18(13-28-22)11-21(26)27-12-20(25)24-19-8-7-15(2)9-16(19)3/h4-10,13H,11-12H2,1-3H3,(H,24,25). The van der Waals surface area contributed by atoms with E-state index in [4.69, 9.17) is 4.74 Å². The summed E-state index contributed by atoms with van der Waals surface area (Å²) < 4.78 is 5.09. The van der Waals surface area contributed by atoms with Gasteiger partial charge in [0.25, 0.3) is 5.91 Å². The second-order valence-corrected chi connectivity index (χ2v) is 7.58. The van der Waals surface area contributed by atoms with E-state index in [1.165, 1.54) is 11.3 Å². The minimum Gasteiger partial charge on any atom is -0.455 e. The first-order valence-electron chi connectivity index (χ1n) is 8.95. The van der Waals surface area contributed by atoms with Gasteiger partial charge >= 0.3 is 5.97 Å². The maximum atomic E-state index is 12.0. The predicted molar refractivity (Wildman–Crippen MR) is 111 cm³/mol. The maximum absolute atomic E-state index is 12.0. The van der Waals surface area contributed by atoms with Gasteiger partial charge in [0.1, 0.15) is 5.01 Å². The van der Waals surface area contributed by atoms with E-state index in [9.17, 15) is 9.59 Å². The summed E-state index contributed by atoms with van der Waals surface area (Å²) in [6.07, 6.45) is 0.0408. The Kier molecular flexibility index (Phi) is 6.21. The van der Waals surface area contributed by atoms with E-state index in [-0.39, 0.29) is 18.9 Å². The molecule has 28 heavy (non-hydrogen) atoms. The fourth-order valence-electron chi connectivity index (χ4n) is 2.78. The number of rotatable bonds is 6. The lowest BCUT2D eigenvalue weighted by molar-refractivity contribution is -0.146. The summed E-state index contributed by atoms with van der Waals surface area (Å²) in [4.78, 5) is 28.6. The highest BCUT2D eigenvalue weighted by atomic mass is 32.1. The molecule has 0 spiro atoms. The number of amides is 1. The molecule has 3 rings (SSSR count). The van der Waals surface area contributed by atoms with Gasteiger partial charge in [-0.25, -0.2) is 4.98 Å². The third kappa shape index (κ3) is 5.27. The first-order chi connectivity index (χ1) is 13.4. The SMILES string of the molecule is Cc1cccc(-c2nc(CC(=O)OCC(=O)Nc3ccc(C)cc3C)cs2)c1. The van der Waals surface area contributed by atoms with Gasteiger partial charge in [0.05, 0.1) is 12.1 Å².